The van der Waals surface area contributed by atoms with Crippen LogP contribution in [0.25, 0.3) is 11.0 Å². The molecule has 1 aliphatic rings. The maximum atomic E-state index is 13.0. The zero-order valence-corrected chi connectivity index (χ0v) is 16.2. The van der Waals surface area contributed by atoms with Gasteiger partial charge in [-0.15, -0.1) is 0 Å². The lowest BCUT2D eigenvalue weighted by Gasteiger charge is -2.29. The first-order valence-corrected chi connectivity index (χ1v) is 10.1. The molecule has 0 aliphatic carbocycles. The number of anilines is 1. The van der Waals surface area contributed by atoms with Gasteiger partial charge >= 0.3 is 0 Å². The Morgan fingerprint density at radius 1 is 1.30 bits per heavy atom. The molecule has 6 heteroatoms. The van der Waals surface area contributed by atoms with E-state index in [4.69, 9.17) is 4.42 Å². The van der Waals surface area contributed by atoms with Crippen LogP contribution in [0.5, 0.6) is 0 Å². The number of likely N-dealkylation sites (tertiary alicyclic amines) is 1. The molecule has 5 nitrogen and oxygen atoms in total. The fourth-order valence-electron chi connectivity index (χ4n) is 3.87. The summed E-state index contributed by atoms with van der Waals surface area (Å²) in [7, 11) is 0. The number of furan rings is 1. The van der Waals surface area contributed by atoms with Crippen LogP contribution in [0.1, 0.15) is 48.8 Å². The van der Waals surface area contributed by atoms with E-state index in [2.05, 4.69) is 27.0 Å². The van der Waals surface area contributed by atoms with Crippen molar-refractivity contribution in [3.8, 4) is 0 Å². The highest BCUT2D eigenvalue weighted by Gasteiger charge is 2.34. The minimum Gasteiger partial charge on any atom is -0.451 e. The molecule has 1 aromatic carbocycles. The van der Waals surface area contributed by atoms with Gasteiger partial charge in [0.2, 0.25) is 5.91 Å². The third kappa shape index (κ3) is 3.31. The number of benzene rings is 1. The lowest BCUT2D eigenvalue weighted by molar-refractivity contribution is -0.121. The highest BCUT2D eigenvalue weighted by Crippen LogP contribution is 2.36. The molecule has 1 fully saturated rings. The number of nitrogens with one attached hydrogen (secondary N) is 1. The maximum absolute atomic E-state index is 13.0. The number of carbonyl (C=O) groups is 2. The van der Waals surface area contributed by atoms with Gasteiger partial charge in [-0.1, -0.05) is 12.1 Å². The standard InChI is InChI=1S/C21H22N2O3S/c1-13(23-10-5-7-17(23)15-9-11-27-12-15)21(25)22-19-16-6-3-4-8-18(16)26-20(19)14(2)24/h3-4,6,8-9,11-13,17H,5,7,10H2,1-2H3,(H,22,25)/t13-,17+/m0/s1. The van der Waals surface area contributed by atoms with Crippen molar-refractivity contribution < 1.29 is 14.0 Å². The predicted octanol–water partition coefficient (Wildman–Crippen LogP) is 4.86. The third-order valence-corrected chi connectivity index (χ3v) is 5.96. The van der Waals surface area contributed by atoms with E-state index in [1.54, 1.807) is 17.4 Å². The average molecular weight is 382 g/mol. The molecule has 3 aromatic rings. The summed E-state index contributed by atoms with van der Waals surface area (Å²) in [5.41, 5.74) is 2.35. The summed E-state index contributed by atoms with van der Waals surface area (Å²) in [6, 6.07) is 9.48. The van der Waals surface area contributed by atoms with E-state index >= 15 is 0 Å². The number of carbonyl (C=O) groups excluding carboxylic acids is 2. The molecule has 27 heavy (non-hydrogen) atoms. The van der Waals surface area contributed by atoms with Crippen LogP contribution in [0.3, 0.4) is 0 Å². The third-order valence-electron chi connectivity index (χ3n) is 5.26. The number of para-hydroxylation sites is 1. The molecule has 0 saturated carbocycles. The molecule has 0 bridgehead atoms. The molecular formula is C21H22N2O3S. The maximum Gasteiger partial charge on any atom is 0.241 e. The van der Waals surface area contributed by atoms with Crippen molar-refractivity contribution in [2.75, 3.05) is 11.9 Å². The van der Waals surface area contributed by atoms with Crippen molar-refractivity contribution in [2.45, 2.75) is 38.8 Å². The van der Waals surface area contributed by atoms with Crippen molar-refractivity contribution in [2.24, 2.45) is 0 Å². The van der Waals surface area contributed by atoms with Crippen LogP contribution in [-0.2, 0) is 4.79 Å². The van der Waals surface area contributed by atoms with E-state index in [-0.39, 0.29) is 29.5 Å². The molecule has 1 amide bonds. The van der Waals surface area contributed by atoms with Gasteiger partial charge in [-0.25, -0.2) is 0 Å². The number of ketones is 1. The van der Waals surface area contributed by atoms with Crippen molar-refractivity contribution in [1.29, 1.82) is 0 Å². The molecule has 1 aliphatic heterocycles. The molecule has 0 spiro atoms. The van der Waals surface area contributed by atoms with Crippen LogP contribution in [0.4, 0.5) is 5.69 Å². The van der Waals surface area contributed by atoms with E-state index in [0.29, 0.717) is 11.3 Å². The van der Waals surface area contributed by atoms with E-state index in [9.17, 15) is 9.59 Å². The first-order valence-electron chi connectivity index (χ1n) is 9.17. The molecule has 0 unspecified atom stereocenters. The molecule has 0 radical (unpaired) electrons. The van der Waals surface area contributed by atoms with Gasteiger partial charge in [0.25, 0.3) is 0 Å². The summed E-state index contributed by atoms with van der Waals surface area (Å²) in [6.45, 7) is 4.26. The Balaban J connectivity index is 1.60. The van der Waals surface area contributed by atoms with Crippen LogP contribution < -0.4 is 5.32 Å². The van der Waals surface area contributed by atoms with Gasteiger partial charge in [0.15, 0.2) is 11.5 Å². The van der Waals surface area contributed by atoms with E-state index in [0.717, 1.165) is 24.8 Å². The SMILES string of the molecule is CC(=O)c1oc2ccccc2c1NC(=O)[C@H](C)N1CCC[C@@H]1c1ccsc1. The predicted molar refractivity (Wildman–Crippen MR) is 107 cm³/mol. The first-order chi connectivity index (χ1) is 13.1. The number of thiophene rings is 1. The fourth-order valence-corrected chi connectivity index (χ4v) is 4.58. The normalized spacial score (nSPS) is 18.7. The van der Waals surface area contributed by atoms with Gasteiger partial charge in [-0.2, -0.15) is 11.3 Å². The van der Waals surface area contributed by atoms with Gasteiger partial charge in [-0.05, 0) is 60.8 Å². The number of hydrogen-bond donors (Lipinski definition) is 1. The number of fused-ring (bicyclic) bond motifs is 1. The minimum absolute atomic E-state index is 0.119. The van der Waals surface area contributed by atoms with E-state index in [1.807, 2.05) is 25.1 Å². The molecule has 1 N–H and O–H groups in total. The molecule has 2 aromatic heterocycles. The lowest BCUT2D eigenvalue weighted by atomic mass is 10.1. The molecule has 4 rings (SSSR count). The highest BCUT2D eigenvalue weighted by molar-refractivity contribution is 7.08. The largest absolute Gasteiger partial charge is 0.451 e. The van der Waals surface area contributed by atoms with E-state index in [1.165, 1.54) is 12.5 Å². The van der Waals surface area contributed by atoms with E-state index < -0.39 is 0 Å². The molecule has 1 saturated heterocycles. The molecular weight excluding hydrogens is 360 g/mol. The summed E-state index contributed by atoms with van der Waals surface area (Å²) in [4.78, 5) is 27.3. The fraction of sp³-hybridized carbons (Fsp3) is 0.333. The first kappa shape index (κ1) is 17.9. The van der Waals surface area contributed by atoms with Gasteiger partial charge < -0.3 is 9.73 Å². The highest BCUT2D eigenvalue weighted by atomic mass is 32.1. The van der Waals surface area contributed by atoms with Crippen LogP contribution in [0.15, 0.2) is 45.5 Å². The molecule has 2 atom stereocenters. The van der Waals surface area contributed by atoms with Crippen LogP contribution >= 0.6 is 11.3 Å². The molecule has 3 heterocycles. The minimum atomic E-state index is -0.300. The Bertz CT molecular complexity index is 977. The average Bonchev–Trinajstić information content (AvgIpc) is 3.40. The number of amides is 1. The second kappa shape index (κ2) is 7.29. The van der Waals surface area contributed by atoms with Gasteiger partial charge in [-0.3, -0.25) is 14.5 Å². The Kier molecular flexibility index (Phi) is 4.85. The van der Waals surface area contributed by atoms with Gasteiger partial charge in [0.1, 0.15) is 5.58 Å². The Labute approximate surface area is 162 Å². The van der Waals surface area contributed by atoms with Crippen LogP contribution in [0.2, 0.25) is 0 Å². The second-order valence-corrected chi connectivity index (χ2v) is 7.76. The van der Waals surface area contributed by atoms with Crippen molar-refractivity contribution in [3.05, 3.63) is 52.4 Å². The van der Waals surface area contributed by atoms with Crippen molar-refractivity contribution in [1.82, 2.24) is 4.90 Å². The molecule has 140 valence electrons. The Hall–Kier alpha value is -2.44. The van der Waals surface area contributed by atoms with Crippen molar-refractivity contribution >= 4 is 39.7 Å². The summed E-state index contributed by atoms with van der Waals surface area (Å²) >= 11 is 1.68. The number of rotatable bonds is 5. The quantitative estimate of drug-likeness (QED) is 0.640. The monoisotopic (exact) mass is 382 g/mol. The Morgan fingerprint density at radius 2 is 2.11 bits per heavy atom. The zero-order chi connectivity index (χ0) is 19.0. The zero-order valence-electron chi connectivity index (χ0n) is 15.4. The van der Waals surface area contributed by atoms with Gasteiger partial charge in [0.05, 0.1) is 11.7 Å². The summed E-state index contributed by atoms with van der Waals surface area (Å²) in [5, 5.41) is 7.95. The number of Topliss-reactive ketones (excluding diaryl/α,β-unsaturated/α-hetero) is 1. The van der Waals surface area contributed by atoms with Crippen molar-refractivity contribution in [3.63, 3.8) is 0 Å². The van der Waals surface area contributed by atoms with Crippen LogP contribution in [-0.4, -0.2) is 29.2 Å². The van der Waals surface area contributed by atoms with Crippen LogP contribution in [0, 0.1) is 0 Å². The number of hydrogen-bond acceptors (Lipinski definition) is 5. The topological polar surface area (TPSA) is 62.6 Å². The summed E-state index contributed by atoms with van der Waals surface area (Å²) < 4.78 is 5.67. The lowest BCUT2D eigenvalue weighted by Crippen LogP contribution is -2.41. The van der Waals surface area contributed by atoms with Gasteiger partial charge in [0, 0.05) is 18.4 Å². The number of nitrogens with zero attached hydrogens (tertiary/aromatic N) is 1. The Morgan fingerprint density at radius 3 is 2.85 bits per heavy atom. The summed E-state index contributed by atoms with van der Waals surface area (Å²) in [6.07, 6.45) is 2.13. The smallest absolute Gasteiger partial charge is 0.241 e. The second-order valence-electron chi connectivity index (χ2n) is 6.98. The summed E-state index contributed by atoms with van der Waals surface area (Å²) in [5.74, 6) is -0.120.